The maximum Gasteiger partial charge on any atom is 0.410 e. The lowest BCUT2D eigenvalue weighted by molar-refractivity contribution is 0.0206. The highest BCUT2D eigenvalue weighted by atomic mass is 35.5. The minimum absolute atomic E-state index is 0.161. The van der Waals surface area contributed by atoms with Gasteiger partial charge in [0.2, 0.25) is 5.95 Å². The Morgan fingerprint density at radius 1 is 1.06 bits per heavy atom. The van der Waals surface area contributed by atoms with E-state index >= 15 is 0 Å². The molecule has 36 heavy (non-hydrogen) atoms. The molecule has 2 aliphatic carbocycles. The Morgan fingerprint density at radius 2 is 1.72 bits per heavy atom. The van der Waals surface area contributed by atoms with Gasteiger partial charge < -0.3 is 26.0 Å². The van der Waals surface area contributed by atoms with Gasteiger partial charge in [-0.3, -0.25) is 0 Å². The Morgan fingerprint density at radius 3 is 2.36 bits per heavy atom. The molecule has 0 aliphatic heterocycles. The normalized spacial score (nSPS) is 21.2. The molecule has 0 radical (unpaired) electrons. The number of ether oxygens (including phenoxy) is 1. The second-order valence-electron chi connectivity index (χ2n) is 11.7. The monoisotopic (exact) mass is 522 g/mol. The molecule has 3 rings (SSSR count). The number of aromatic nitrogens is 2. The van der Waals surface area contributed by atoms with Crippen molar-refractivity contribution in [2.24, 2.45) is 17.8 Å². The molecule has 8 nitrogen and oxygen atoms in total. The van der Waals surface area contributed by atoms with E-state index in [2.05, 4.69) is 20.6 Å². The lowest BCUT2D eigenvalue weighted by Crippen LogP contribution is -2.41. The predicted molar refractivity (Wildman–Crippen MR) is 147 cm³/mol. The zero-order valence-corrected chi connectivity index (χ0v) is 23.3. The highest BCUT2D eigenvalue weighted by molar-refractivity contribution is 6.29. The lowest BCUT2D eigenvalue weighted by atomic mass is 9.82. The number of hydrogen-bond acceptors (Lipinski definition) is 7. The molecule has 0 spiro atoms. The molecule has 4 N–H and O–H groups in total. The molecule has 204 valence electrons. The van der Waals surface area contributed by atoms with Gasteiger partial charge >= 0.3 is 6.09 Å². The Hall–Kier alpha value is -1.80. The third kappa shape index (κ3) is 10.7. The molecule has 2 saturated carbocycles. The van der Waals surface area contributed by atoms with E-state index in [9.17, 15) is 4.79 Å². The fourth-order valence-electron chi connectivity index (χ4n) is 5.36. The van der Waals surface area contributed by atoms with Crippen LogP contribution in [0.1, 0.15) is 85.0 Å². The summed E-state index contributed by atoms with van der Waals surface area (Å²) in [7, 11) is 0. The van der Waals surface area contributed by atoms with Gasteiger partial charge in [-0.2, -0.15) is 4.98 Å². The van der Waals surface area contributed by atoms with Crippen LogP contribution in [0.25, 0.3) is 0 Å². The van der Waals surface area contributed by atoms with E-state index in [1.54, 1.807) is 6.07 Å². The molecule has 0 saturated heterocycles. The highest BCUT2D eigenvalue weighted by Gasteiger charge is 2.25. The van der Waals surface area contributed by atoms with Crippen molar-refractivity contribution >= 4 is 29.5 Å². The van der Waals surface area contributed by atoms with Crippen molar-refractivity contribution in [2.45, 2.75) is 90.6 Å². The van der Waals surface area contributed by atoms with Crippen molar-refractivity contribution in [3.63, 3.8) is 0 Å². The van der Waals surface area contributed by atoms with E-state index in [0.717, 1.165) is 39.1 Å². The Kier molecular flexibility index (Phi) is 11.4. The van der Waals surface area contributed by atoms with Gasteiger partial charge in [0.05, 0.1) is 0 Å². The van der Waals surface area contributed by atoms with Crippen molar-refractivity contribution in [1.29, 1.82) is 0 Å². The first-order chi connectivity index (χ1) is 17.2. The van der Waals surface area contributed by atoms with E-state index in [1.807, 2.05) is 25.7 Å². The largest absolute Gasteiger partial charge is 0.444 e. The minimum Gasteiger partial charge on any atom is -0.444 e. The second kappa shape index (κ2) is 14.2. The average Bonchev–Trinajstić information content (AvgIpc) is 2.81. The van der Waals surface area contributed by atoms with Crippen molar-refractivity contribution in [2.75, 3.05) is 43.8 Å². The van der Waals surface area contributed by atoms with Crippen LogP contribution in [0.15, 0.2) is 6.07 Å². The number of rotatable bonds is 11. The van der Waals surface area contributed by atoms with E-state index in [1.165, 1.54) is 57.8 Å². The van der Waals surface area contributed by atoms with Gasteiger partial charge in [0, 0.05) is 25.7 Å². The fourth-order valence-corrected chi connectivity index (χ4v) is 5.55. The first-order valence-corrected chi connectivity index (χ1v) is 14.3. The maximum atomic E-state index is 12.8. The predicted octanol–water partition coefficient (Wildman–Crippen LogP) is 5.73. The number of carbonyl (C=O) groups excluding carboxylic acids is 1. The molecule has 1 heterocycles. The number of amides is 1. The van der Waals surface area contributed by atoms with Crippen LogP contribution >= 0.6 is 11.6 Å². The van der Waals surface area contributed by atoms with Gasteiger partial charge in [-0.15, -0.1) is 0 Å². The summed E-state index contributed by atoms with van der Waals surface area (Å²) < 4.78 is 5.70. The summed E-state index contributed by atoms with van der Waals surface area (Å²) in [4.78, 5) is 23.1. The first-order valence-electron chi connectivity index (χ1n) is 13.9. The number of hydrogen-bond donors (Lipinski definition) is 3. The van der Waals surface area contributed by atoms with Gasteiger partial charge in [0.25, 0.3) is 0 Å². The Balaban J connectivity index is 1.31. The van der Waals surface area contributed by atoms with E-state index < -0.39 is 5.60 Å². The van der Waals surface area contributed by atoms with Crippen molar-refractivity contribution < 1.29 is 9.53 Å². The first kappa shape index (κ1) is 28.8. The molecule has 0 unspecified atom stereocenters. The summed E-state index contributed by atoms with van der Waals surface area (Å²) in [5.41, 5.74) is 5.29. The Bertz CT molecular complexity index is 784. The average molecular weight is 523 g/mol. The molecule has 2 fully saturated rings. The van der Waals surface area contributed by atoms with Gasteiger partial charge in [-0.05, 0) is 96.6 Å². The molecule has 9 heteroatoms. The van der Waals surface area contributed by atoms with Crippen LogP contribution in [-0.4, -0.2) is 59.3 Å². The minimum atomic E-state index is -0.455. The molecule has 1 aromatic rings. The summed E-state index contributed by atoms with van der Waals surface area (Å²) in [6.07, 6.45) is 12.0. The number of nitrogens with one attached hydrogen (secondary N) is 2. The number of nitrogens with zero attached hydrogens (tertiary/aromatic N) is 3. The zero-order chi connectivity index (χ0) is 26.0. The number of anilines is 2. The standard InChI is InChI=1S/C27H47ClN6O2/c1-27(2,3)36-26(35)34(19-22-8-5-4-6-9-22)15-7-14-30-17-20-10-12-21(13-11-20)18-31-25-32-23(28)16-24(29)33-25/h16,20-22,30H,4-15,17-19H2,1-3H3,(H3,29,31,32,33). The van der Waals surface area contributed by atoms with Crippen molar-refractivity contribution in [1.82, 2.24) is 20.2 Å². The summed E-state index contributed by atoms with van der Waals surface area (Å²) in [6.45, 7) is 10.2. The number of nitrogen functional groups attached to an aromatic ring is 1. The third-order valence-corrected chi connectivity index (χ3v) is 7.49. The van der Waals surface area contributed by atoms with Crippen LogP contribution in [0.2, 0.25) is 5.15 Å². The molecule has 2 aliphatic rings. The summed E-state index contributed by atoms with van der Waals surface area (Å²) in [5, 5.41) is 7.30. The van der Waals surface area contributed by atoms with E-state index in [0.29, 0.717) is 34.7 Å². The van der Waals surface area contributed by atoms with Crippen LogP contribution in [-0.2, 0) is 4.74 Å². The molecule has 0 atom stereocenters. The summed E-state index contributed by atoms with van der Waals surface area (Å²) in [5.74, 6) is 2.84. The zero-order valence-electron chi connectivity index (χ0n) is 22.5. The molecule has 1 amide bonds. The molecular weight excluding hydrogens is 476 g/mol. The summed E-state index contributed by atoms with van der Waals surface area (Å²) >= 11 is 5.96. The molecule has 0 aromatic carbocycles. The highest BCUT2D eigenvalue weighted by Crippen LogP contribution is 2.29. The van der Waals surface area contributed by atoms with Crippen LogP contribution in [0.5, 0.6) is 0 Å². The smallest absolute Gasteiger partial charge is 0.410 e. The van der Waals surface area contributed by atoms with Crippen LogP contribution in [0.3, 0.4) is 0 Å². The maximum absolute atomic E-state index is 12.8. The SMILES string of the molecule is CC(C)(C)OC(=O)N(CCCNCC1CCC(CNc2nc(N)cc(Cl)n2)CC1)CC1CCCCC1. The quantitative estimate of drug-likeness (QED) is 0.252. The number of nitrogens with two attached hydrogens (primary N) is 1. The molecule has 0 bridgehead atoms. The summed E-state index contributed by atoms with van der Waals surface area (Å²) in [6, 6.07) is 1.55. The van der Waals surface area contributed by atoms with Crippen LogP contribution < -0.4 is 16.4 Å². The van der Waals surface area contributed by atoms with Crippen molar-refractivity contribution in [3.8, 4) is 0 Å². The lowest BCUT2D eigenvalue weighted by Gasteiger charge is -2.32. The fraction of sp³-hybridized carbons (Fsp3) is 0.815. The Labute approximate surface area is 222 Å². The van der Waals surface area contributed by atoms with Gasteiger partial charge in [-0.1, -0.05) is 30.9 Å². The van der Waals surface area contributed by atoms with Crippen LogP contribution in [0.4, 0.5) is 16.6 Å². The van der Waals surface area contributed by atoms with Gasteiger partial charge in [0.1, 0.15) is 16.6 Å². The molecule has 1 aromatic heterocycles. The van der Waals surface area contributed by atoms with Crippen molar-refractivity contribution in [3.05, 3.63) is 11.2 Å². The third-order valence-electron chi connectivity index (χ3n) is 7.30. The van der Waals surface area contributed by atoms with Gasteiger partial charge in [-0.25, -0.2) is 9.78 Å². The van der Waals surface area contributed by atoms with E-state index in [-0.39, 0.29) is 6.09 Å². The molecular formula is C27H47ClN6O2. The van der Waals surface area contributed by atoms with Crippen LogP contribution in [0, 0.1) is 17.8 Å². The van der Waals surface area contributed by atoms with E-state index in [4.69, 9.17) is 22.1 Å². The topological polar surface area (TPSA) is 105 Å². The number of carbonyl (C=O) groups is 1. The van der Waals surface area contributed by atoms with Gasteiger partial charge in [0.15, 0.2) is 0 Å². The number of halogens is 1. The second-order valence-corrected chi connectivity index (χ2v) is 12.1.